The highest BCUT2D eigenvalue weighted by Gasteiger charge is 2.27. The lowest BCUT2D eigenvalue weighted by atomic mass is 10.2. The third-order valence-corrected chi connectivity index (χ3v) is 3.41. The first kappa shape index (κ1) is 14.7. The lowest BCUT2D eigenvalue weighted by Crippen LogP contribution is -2.40. The van der Waals surface area contributed by atoms with Crippen molar-refractivity contribution in [3.63, 3.8) is 0 Å². The topological polar surface area (TPSA) is 61.8 Å². The molecule has 2 rings (SSSR count). The van der Waals surface area contributed by atoms with Crippen LogP contribution in [0.25, 0.3) is 0 Å². The van der Waals surface area contributed by atoms with Crippen molar-refractivity contribution in [1.82, 2.24) is 4.90 Å². The van der Waals surface area contributed by atoms with Crippen molar-refractivity contribution in [3.8, 4) is 5.75 Å². The van der Waals surface area contributed by atoms with E-state index in [2.05, 4.69) is 5.32 Å². The van der Waals surface area contributed by atoms with Gasteiger partial charge in [0.15, 0.2) is 0 Å². The number of amides is 2. The summed E-state index contributed by atoms with van der Waals surface area (Å²) in [5.41, 5.74) is 0.715. The molecule has 0 spiro atoms. The number of aliphatic hydroxyl groups excluding tert-OH is 1. The van der Waals surface area contributed by atoms with Gasteiger partial charge < -0.3 is 20.1 Å². The molecule has 5 nitrogen and oxygen atoms in total. The van der Waals surface area contributed by atoms with Crippen molar-refractivity contribution in [2.24, 2.45) is 0 Å². The molecule has 1 aliphatic heterocycles. The quantitative estimate of drug-likeness (QED) is 0.869. The number of ether oxygens (including phenoxy) is 1. The molecule has 0 saturated carbocycles. The maximum absolute atomic E-state index is 12.2. The van der Waals surface area contributed by atoms with Gasteiger partial charge >= 0.3 is 6.03 Å². The Balaban J connectivity index is 1.97. The van der Waals surface area contributed by atoms with E-state index in [4.69, 9.17) is 4.74 Å². The fraction of sp³-hybridized carbons (Fsp3) is 0.533. The standard InChI is InChI=1S/C15H22N2O3/c1-2-9-20-14-7-3-5-12(10-14)16-15(19)17-8-4-6-13(17)11-18/h3,5,7,10,13,18H,2,4,6,8-9,11H2,1H3,(H,16,19)/t13-/m0/s1. The monoisotopic (exact) mass is 278 g/mol. The number of hydrogen-bond acceptors (Lipinski definition) is 3. The smallest absolute Gasteiger partial charge is 0.322 e. The van der Waals surface area contributed by atoms with Crippen molar-refractivity contribution in [2.45, 2.75) is 32.2 Å². The highest BCUT2D eigenvalue weighted by Crippen LogP contribution is 2.21. The van der Waals surface area contributed by atoms with Crippen molar-refractivity contribution in [2.75, 3.05) is 25.1 Å². The summed E-state index contributed by atoms with van der Waals surface area (Å²) in [6.07, 6.45) is 2.75. The molecule has 0 aromatic heterocycles. The van der Waals surface area contributed by atoms with Crippen LogP contribution in [0.3, 0.4) is 0 Å². The molecule has 0 radical (unpaired) electrons. The highest BCUT2D eigenvalue weighted by atomic mass is 16.5. The van der Waals surface area contributed by atoms with E-state index in [0.717, 1.165) is 25.0 Å². The van der Waals surface area contributed by atoms with Crippen molar-refractivity contribution < 1.29 is 14.6 Å². The Morgan fingerprint density at radius 2 is 2.40 bits per heavy atom. The van der Waals surface area contributed by atoms with Crippen molar-refractivity contribution in [1.29, 1.82) is 0 Å². The number of anilines is 1. The molecular weight excluding hydrogens is 256 g/mol. The fourth-order valence-corrected chi connectivity index (χ4v) is 2.37. The summed E-state index contributed by atoms with van der Waals surface area (Å²) in [4.78, 5) is 13.9. The molecular formula is C15H22N2O3. The predicted molar refractivity (Wildman–Crippen MR) is 78.1 cm³/mol. The number of carbonyl (C=O) groups excluding carboxylic acids is 1. The molecule has 2 amide bonds. The second-order valence-corrected chi connectivity index (χ2v) is 4.98. The summed E-state index contributed by atoms with van der Waals surface area (Å²) < 4.78 is 5.54. The molecule has 0 aliphatic carbocycles. The summed E-state index contributed by atoms with van der Waals surface area (Å²) in [6.45, 7) is 3.43. The number of nitrogens with one attached hydrogen (secondary N) is 1. The number of rotatable bonds is 5. The molecule has 1 fully saturated rings. The van der Waals surface area contributed by atoms with Gasteiger partial charge in [-0.15, -0.1) is 0 Å². The summed E-state index contributed by atoms with van der Waals surface area (Å²) in [5.74, 6) is 0.754. The number of likely N-dealkylation sites (tertiary alicyclic amines) is 1. The van der Waals surface area contributed by atoms with Crippen LogP contribution >= 0.6 is 0 Å². The van der Waals surface area contributed by atoms with E-state index in [-0.39, 0.29) is 18.7 Å². The first-order valence-electron chi connectivity index (χ1n) is 7.16. The molecule has 1 saturated heterocycles. The molecule has 1 heterocycles. The SMILES string of the molecule is CCCOc1cccc(NC(=O)N2CCC[C@H]2CO)c1. The van der Waals surface area contributed by atoms with Gasteiger partial charge in [-0.25, -0.2) is 4.79 Å². The second-order valence-electron chi connectivity index (χ2n) is 4.98. The minimum atomic E-state index is -0.158. The summed E-state index contributed by atoms with van der Waals surface area (Å²) in [5, 5.41) is 12.1. The van der Waals surface area contributed by atoms with E-state index < -0.39 is 0 Å². The van der Waals surface area contributed by atoms with Crippen LogP contribution in [0, 0.1) is 0 Å². The number of hydrogen-bond donors (Lipinski definition) is 2. The average molecular weight is 278 g/mol. The van der Waals surface area contributed by atoms with Gasteiger partial charge in [-0.2, -0.15) is 0 Å². The van der Waals surface area contributed by atoms with E-state index in [1.54, 1.807) is 4.90 Å². The summed E-state index contributed by atoms with van der Waals surface area (Å²) >= 11 is 0. The van der Waals surface area contributed by atoms with Gasteiger partial charge in [0.05, 0.1) is 19.3 Å². The number of urea groups is 1. The zero-order valence-electron chi connectivity index (χ0n) is 11.8. The Bertz CT molecular complexity index is 450. The Kier molecular flexibility index (Phi) is 5.24. The zero-order chi connectivity index (χ0) is 14.4. The fourth-order valence-electron chi connectivity index (χ4n) is 2.37. The van der Waals surface area contributed by atoms with Crippen molar-refractivity contribution in [3.05, 3.63) is 24.3 Å². The number of benzene rings is 1. The Labute approximate surface area is 119 Å². The first-order valence-corrected chi connectivity index (χ1v) is 7.16. The van der Waals surface area contributed by atoms with Crippen LogP contribution in [0.5, 0.6) is 5.75 Å². The van der Waals surface area contributed by atoms with Crippen LogP contribution in [0.2, 0.25) is 0 Å². The highest BCUT2D eigenvalue weighted by molar-refractivity contribution is 5.89. The van der Waals surface area contributed by atoms with Crippen LogP contribution in [-0.4, -0.2) is 41.8 Å². The van der Waals surface area contributed by atoms with E-state index in [1.165, 1.54) is 0 Å². The van der Waals surface area contributed by atoms with Crippen LogP contribution in [0.15, 0.2) is 24.3 Å². The average Bonchev–Trinajstić information content (AvgIpc) is 2.94. The van der Waals surface area contributed by atoms with E-state index in [1.807, 2.05) is 31.2 Å². The number of nitrogens with zero attached hydrogens (tertiary/aromatic N) is 1. The van der Waals surface area contributed by atoms with Gasteiger partial charge in [-0.3, -0.25) is 0 Å². The molecule has 1 atom stereocenters. The Hall–Kier alpha value is -1.75. The third kappa shape index (κ3) is 3.63. The van der Waals surface area contributed by atoms with E-state index in [9.17, 15) is 9.90 Å². The van der Waals surface area contributed by atoms with Crippen LogP contribution in [0.1, 0.15) is 26.2 Å². The van der Waals surface area contributed by atoms with Gasteiger partial charge in [0.25, 0.3) is 0 Å². The Morgan fingerprint density at radius 1 is 1.55 bits per heavy atom. The number of carbonyl (C=O) groups is 1. The predicted octanol–water partition coefficient (Wildman–Crippen LogP) is 2.46. The first-order chi connectivity index (χ1) is 9.74. The van der Waals surface area contributed by atoms with Gasteiger partial charge in [0.1, 0.15) is 5.75 Å². The molecule has 20 heavy (non-hydrogen) atoms. The molecule has 1 aromatic carbocycles. The molecule has 110 valence electrons. The molecule has 5 heteroatoms. The van der Waals surface area contributed by atoms with E-state index >= 15 is 0 Å². The maximum atomic E-state index is 12.2. The minimum absolute atomic E-state index is 0.0209. The third-order valence-electron chi connectivity index (χ3n) is 3.41. The lowest BCUT2D eigenvalue weighted by Gasteiger charge is -2.23. The molecule has 1 aliphatic rings. The summed E-state index contributed by atoms with van der Waals surface area (Å²) in [6, 6.07) is 7.16. The van der Waals surface area contributed by atoms with E-state index in [0.29, 0.717) is 18.8 Å². The van der Waals surface area contributed by atoms with Crippen LogP contribution in [0.4, 0.5) is 10.5 Å². The van der Waals surface area contributed by atoms with Crippen LogP contribution < -0.4 is 10.1 Å². The van der Waals surface area contributed by atoms with Gasteiger partial charge in [0, 0.05) is 18.3 Å². The molecule has 0 unspecified atom stereocenters. The van der Waals surface area contributed by atoms with Gasteiger partial charge in [-0.1, -0.05) is 13.0 Å². The largest absolute Gasteiger partial charge is 0.494 e. The lowest BCUT2D eigenvalue weighted by molar-refractivity contribution is 0.166. The van der Waals surface area contributed by atoms with Gasteiger partial charge in [-0.05, 0) is 31.4 Å². The Morgan fingerprint density at radius 3 is 3.15 bits per heavy atom. The normalized spacial score (nSPS) is 18.1. The molecule has 0 bridgehead atoms. The molecule has 2 N–H and O–H groups in total. The number of aliphatic hydroxyl groups is 1. The molecule has 1 aromatic rings. The minimum Gasteiger partial charge on any atom is -0.494 e. The van der Waals surface area contributed by atoms with Crippen LogP contribution in [-0.2, 0) is 0 Å². The second kappa shape index (κ2) is 7.14. The zero-order valence-corrected chi connectivity index (χ0v) is 11.8. The maximum Gasteiger partial charge on any atom is 0.322 e. The summed E-state index contributed by atoms with van der Waals surface area (Å²) in [7, 11) is 0. The van der Waals surface area contributed by atoms with Crippen molar-refractivity contribution >= 4 is 11.7 Å². The van der Waals surface area contributed by atoms with Gasteiger partial charge in [0.2, 0.25) is 0 Å².